The molecular weight excluding hydrogens is 228 g/mol. The molecule has 1 atom stereocenters. The van der Waals surface area contributed by atoms with Gasteiger partial charge >= 0.3 is 0 Å². The van der Waals surface area contributed by atoms with Crippen LogP contribution in [0.15, 0.2) is 24.3 Å². The first-order chi connectivity index (χ1) is 8.45. The van der Waals surface area contributed by atoms with Crippen LogP contribution >= 0.6 is 0 Å². The minimum atomic E-state index is -0.511. The first kappa shape index (κ1) is 14.2. The van der Waals surface area contributed by atoms with Crippen LogP contribution in [0.25, 0.3) is 0 Å². The molecule has 1 unspecified atom stereocenters. The van der Waals surface area contributed by atoms with E-state index in [1.54, 1.807) is 19.2 Å². The van der Waals surface area contributed by atoms with Crippen molar-refractivity contribution in [3.8, 4) is 0 Å². The Morgan fingerprint density at radius 1 is 1.22 bits per heavy atom. The van der Waals surface area contributed by atoms with Gasteiger partial charge in [0.1, 0.15) is 6.04 Å². The van der Waals surface area contributed by atoms with E-state index in [-0.39, 0.29) is 17.7 Å². The number of nitrogens with one attached hydrogen (secondary N) is 2. The second-order valence-corrected chi connectivity index (χ2v) is 4.68. The van der Waals surface area contributed by atoms with Gasteiger partial charge < -0.3 is 10.6 Å². The van der Waals surface area contributed by atoms with E-state index in [2.05, 4.69) is 10.6 Å². The second kappa shape index (κ2) is 6.19. The predicted octanol–water partition coefficient (Wildman–Crippen LogP) is 1.50. The summed E-state index contributed by atoms with van der Waals surface area (Å²) in [4.78, 5) is 23.7. The Morgan fingerprint density at radius 2 is 1.89 bits per heavy atom. The van der Waals surface area contributed by atoms with Gasteiger partial charge in [-0.1, -0.05) is 31.5 Å². The van der Waals surface area contributed by atoms with Crippen LogP contribution in [0, 0.1) is 12.8 Å². The molecular formula is C14H20N2O2. The average molecular weight is 248 g/mol. The van der Waals surface area contributed by atoms with Gasteiger partial charge in [0, 0.05) is 12.6 Å². The van der Waals surface area contributed by atoms with Gasteiger partial charge in [-0.2, -0.15) is 0 Å². The van der Waals surface area contributed by atoms with Crippen molar-refractivity contribution in [3.05, 3.63) is 35.4 Å². The summed E-state index contributed by atoms with van der Waals surface area (Å²) in [6, 6.07) is 6.78. The van der Waals surface area contributed by atoms with E-state index < -0.39 is 6.04 Å². The largest absolute Gasteiger partial charge is 0.357 e. The lowest BCUT2D eigenvalue weighted by Gasteiger charge is -2.20. The van der Waals surface area contributed by atoms with Gasteiger partial charge in [-0.3, -0.25) is 9.59 Å². The molecule has 0 aliphatic rings. The molecule has 2 amide bonds. The highest BCUT2D eigenvalue weighted by Gasteiger charge is 2.23. The molecule has 1 aromatic rings. The van der Waals surface area contributed by atoms with Gasteiger partial charge in [0.25, 0.3) is 5.91 Å². The zero-order chi connectivity index (χ0) is 13.7. The number of benzene rings is 1. The molecule has 4 heteroatoms. The standard InChI is InChI=1S/C14H20N2O2/c1-9(2)12(14(18)15-4)16-13(17)11-7-5-6-10(3)8-11/h5-9,12H,1-4H3,(H,15,18)(H,16,17). The van der Waals surface area contributed by atoms with E-state index in [0.717, 1.165) is 5.56 Å². The van der Waals surface area contributed by atoms with Crippen LogP contribution in [-0.4, -0.2) is 24.9 Å². The third-order valence-electron chi connectivity index (χ3n) is 2.76. The van der Waals surface area contributed by atoms with Crippen molar-refractivity contribution in [3.63, 3.8) is 0 Å². The Labute approximate surface area is 108 Å². The number of hydrogen-bond donors (Lipinski definition) is 2. The molecule has 1 aromatic carbocycles. The van der Waals surface area contributed by atoms with Crippen LogP contribution in [-0.2, 0) is 4.79 Å². The van der Waals surface area contributed by atoms with Crippen LogP contribution in [0.4, 0.5) is 0 Å². The number of rotatable bonds is 4. The van der Waals surface area contributed by atoms with Crippen molar-refractivity contribution < 1.29 is 9.59 Å². The molecule has 4 nitrogen and oxygen atoms in total. The van der Waals surface area contributed by atoms with Gasteiger partial charge in [0.15, 0.2) is 0 Å². The minimum absolute atomic E-state index is 0.0405. The lowest BCUT2D eigenvalue weighted by Crippen LogP contribution is -2.48. The molecule has 0 saturated carbocycles. The molecule has 0 aromatic heterocycles. The van der Waals surface area contributed by atoms with E-state index in [4.69, 9.17) is 0 Å². The van der Waals surface area contributed by atoms with Crippen molar-refractivity contribution in [1.82, 2.24) is 10.6 Å². The Morgan fingerprint density at radius 3 is 2.39 bits per heavy atom. The van der Waals surface area contributed by atoms with E-state index >= 15 is 0 Å². The lowest BCUT2D eigenvalue weighted by atomic mass is 10.0. The van der Waals surface area contributed by atoms with E-state index in [1.165, 1.54) is 0 Å². The highest BCUT2D eigenvalue weighted by Crippen LogP contribution is 2.07. The summed E-state index contributed by atoms with van der Waals surface area (Å²) < 4.78 is 0. The topological polar surface area (TPSA) is 58.2 Å². The maximum atomic E-state index is 12.0. The number of carbonyl (C=O) groups is 2. The molecule has 0 spiro atoms. The van der Waals surface area contributed by atoms with Crippen LogP contribution in [0.5, 0.6) is 0 Å². The fourth-order valence-electron chi connectivity index (χ4n) is 1.70. The Kier molecular flexibility index (Phi) is 4.89. The summed E-state index contributed by atoms with van der Waals surface area (Å²) in [7, 11) is 1.57. The van der Waals surface area contributed by atoms with Crippen molar-refractivity contribution in [2.24, 2.45) is 5.92 Å². The normalized spacial score (nSPS) is 12.1. The van der Waals surface area contributed by atoms with Gasteiger partial charge in [-0.05, 0) is 25.0 Å². The fraction of sp³-hybridized carbons (Fsp3) is 0.429. The van der Waals surface area contributed by atoms with Crippen LogP contribution in [0.3, 0.4) is 0 Å². The number of likely N-dealkylation sites (N-methyl/N-ethyl adjacent to an activating group) is 1. The second-order valence-electron chi connectivity index (χ2n) is 4.68. The summed E-state index contributed by atoms with van der Waals surface area (Å²) in [5, 5.41) is 5.32. The number of aryl methyl sites for hydroxylation is 1. The molecule has 0 aliphatic carbocycles. The van der Waals surface area contributed by atoms with Crippen LogP contribution in [0.2, 0.25) is 0 Å². The van der Waals surface area contributed by atoms with Crippen LogP contribution < -0.4 is 10.6 Å². The van der Waals surface area contributed by atoms with Gasteiger partial charge in [-0.25, -0.2) is 0 Å². The SMILES string of the molecule is CNC(=O)C(NC(=O)c1cccc(C)c1)C(C)C. The minimum Gasteiger partial charge on any atom is -0.357 e. The van der Waals surface area contributed by atoms with Gasteiger partial charge in [-0.15, -0.1) is 0 Å². The molecule has 0 radical (unpaired) electrons. The van der Waals surface area contributed by atoms with Crippen molar-refractivity contribution in [2.45, 2.75) is 26.8 Å². The maximum absolute atomic E-state index is 12.0. The quantitative estimate of drug-likeness (QED) is 0.848. The third kappa shape index (κ3) is 3.58. The highest BCUT2D eigenvalue weighted by molar-refractivity contribution is 5.97. The zero-order valence-corrected chi connectivity index (χ0v) is 11.3. The summed E-state index contributed by atoms with van der Waals surface area (Å²) in [5.41, 5.74) is 1.59. The van der Waals surface area contributed by atoms with Gasteiger partial charge in [0.2, 0.25) is 5.91 Å². The molecule has 18 heavy (non-hydrogen) atoms. The molecule has 0 bridgehead atoms. The van der Waals surface area contributed by atoms with E-state index in [9.17, 15) is 9.59 Å². The van der Waals surface area contributed by atoms with E-state index in [0.29, 0.717) is 5.56 Å². The van der Waals surface area contributed by atoms with Crippen LogP contribution in [0.1, 0.15) is 29.8 Å². The Bertz CT molecular complexity index is 441. The molecule has 0 aliphatic heterocycles. The first-order valence-corrected chi connectivity index (χ1v) is 6.04. The third-order valence-corrected chi connectivity index (χ3v) is 2.76. The summed E-state index contributed by atoms with van der Waals surface area (Å²) >= 11 is 0. The molecule has 0 heterocycles. The first-order valence-electron chi connectivity index (χ1n) is 6.04. The average Bonchev–Trinajstić information content (AvgIpc) is 2.34. The Hall–Kier alpha value is -1.84. The summed E-state index contributed by atoms with van der Waals surface area (Å²) in [5.74, 6) is -0.356. The summed E-state index contributed by atoms with van der Waals surface area (Å²) in [6.45, 7) is 5.72. The zero-order valence-electron chi connectivity index (χ0n) is 11.3. The van der Waals surface area contributed by atoms with Crippen molar-refractivity contribution >= 4 is 11.8 Å². The van der Waals surface area contributed by atoms with Crippen molar-refractivity contribution in [2.75, 3.05) is 7.05 Å². The smallest absolute Gasteiger partial charge is 0.251 e. The monoisotopic (exact) mass is 248 g/mol. The predicted molar refractivity (Wildman–Crippen MR) is 71.3 cm³/mol. The number of amides is 2. The molecule has 1 rings (SSSR count). The number of carbonyl (C=O) groups excluding carboxylic acids is 2. The molecule has 98 valence electrons. The fourth-order valence-corrected chi connectivity index (χ4v) is 1.70. The lowest BCUT2D eigenvalue weighted by molar-refractivity contribution is -0.123. The highest BCUT2D eigenvalue weighted by atomic mass is 16.2. The molecule has 0 fully saturated rings. The van der Waals surface area contributed by atoms with E-state index in [1.807, 2.05) is 32.9 Å². The van der Waals surface area contributed by atoms with Gasteiger partial charge in [0.05, 0.1) is 0 Å². The number of hydrogen-bond acceptors (Lipinski definition) is 2. The maximum Gasteiger partial charge on any atom is 0.251 e. The molecule has 2 N–H and O–H groups in total. The summed E-state index contributed by atoms with van der Waals surface area (Å²) in [6.07, 6.45) is 0. The Balaban J connectivity index is 2.82. The van der Waals surface area contributed by atoms with Crippen molar-refractivity contribution in [1.29, 1.82) is 0 Å². The molecule has 0 saturated heterocycles.